The van der Waals surface area contributed by atoms with E-state index in [2.05, 4.69) is 125 Å². The van der Waals surface area contributed by atoms with Crippen molar-refractivity contribution >= 4 is 20.5 Å². The molecule has 0 aromatic heterocycles. The van der Waals surface area contributed by atoms with Crippen molar-refractivity contribution in [1.82, 2.24) is 0 Å². The second-order valence-corrected chi connectivity index (χ2v) is 15.9. The van der Waals surface area contributed by atoms with Crippen LogP contribution in [0.3, 0.4) is 0 Å². The van der Waals surface area contributed by atoms with Crippen LogP contribution in [0.1, 0.15) is 153 Å². The van der Waals surface area contributed by atoms with Gasteiger partial charge in [0.15, 0.2) is 0 Å². The van der Waals surface area contributed by atoms with Gasteiger partial charge < -0.3 is 5.53 Å². The summed E-state index contributed by atoms with van der Waals surface area (Å²) < 4.78 is 4.17. The summed E-state index contributed by atoms with van der Waals surface area (Å²) in [6, 6.07) is 39.0. The van der Waals surface area contributed by atoms with Crippen molar-refractivity contribution in [2.75, 3.05) is 0 Å². The number of allylic oxidation sites excluding steroid dienone is 2. The van der Waals surface area contributed by atoms with E-state index in [1.165, 1.54) is 121 Å². The van der Waals surface area contributed by atoms with Crippen LogP contribution in [0.5, 0.6) is 0 Å². The first kappa shape index (κ1) is 42.2. The summed E-state index contributed by atoms with van der Waals surface area (Å²) in [4.78, 5) is 0. The molecule has 0 saturated carbocycles. The van der Waals surface area contributed by atoms with E-state index in [-0.39, 0.29) is 0 Å². The van der Waals surface area contributed by atoms with Crippen LogP contribution >= 0.6 is 0 Å². The van der Waals surface area contributed by atoms with Gasteiger partial charge in [0.2, 0.25) is 11.4 Å². The molecule has 0 atom stereocenters. The Hall–Kier alpha value is -3.55. The zero-order valence-electron chi connectivity index (χ0n) is 33.3. The van der Waals surface area contributed by atoms with Crippen LogP contribution in [-0.4, -0.2) is 4.70 Å². The first-order valence-corrected chi connectivity index (χ1v) is 21.9. The Morgan fingerprint density at radius 2 is 0.755 bits per heavy atom. The molecule has 53 heavy (non-hydrogen) atoms. The molecule has 4 aromatic rings. The molecule has 0 amide bonds. The van der Waals surface area contributed by atoms with Gasteiger partial charge in [-0.3, -0.25) is 0 Å². The number of hydrogen-bond donors (Lipinski definition) is 0. The molecule has 2 nitrogen and oxygen atoms in total. The van der Waals surface area contributed by atoms with Crippen LogP contribution < -0.4 is 9.07 Å². The molecular formula is C50H66N2Ni. The molecular weight excluding hydrogens is 687 g/mol. The molecule has 5 rings (SSSR count). The van der Waals surface area contributed by atoms with E-state index >= 15 is 0 Å². The second-order valence-electron chi connectivity index (χ2n) is 14.5. The van der Waals surface area contributed by atoms with Gasteiger partial charge in [0.05, 0.1) is 0 Å². The van der Waals surface area contributed by atoms with Gasteiger partial charge in [-0.1, -0.05) is 116 Å². The Morgan fingerprint density at radius 3 is 1.13 bits per heavy atom. The van der Waals surface area contributed by atoms with Gasteiger partial charge in [-0.25, -0.2) is 4.70 Å². The maximum atomic E-state index is 11.9. The average Bonchev–Trinajstić information content (AvgIpc) is 3.47. The quantitative estimate of drug-likeness (QED) is 0.0434. The average molecular weight is 754 g/mol. The van der Waals surface area contributed by atoms with Crippen molar-refractivity contribution in [3.63, 3.8) is 0 Å². The fourth-order valence-electron chi connectivity index (χ4n) is 7.05. The number of hydrogen-bond acceptors (Lipinski definition) is 0. The summed E-state index contributed by atoms with van der Waals surface area (Å²) in [5.74, 6) is 0. The van der Waals surface area contributed by atoms with Crippen molar-refractivity contribution in [2.24, 2.45) is 0 Å². The molecule has 3 heteroatoms. The van der Waals surface area contributed by atoms with Crippen LogP contribution in [0.15, 0.2) is 120 Å². The van der Waals surface area contributed by atoms with Crippen molar-refractivity contribution in [3.05, 3.63) is 148 Å². The van der Waals surface area contributed by atoms with Crippen LogP contribution in [-0.2, 0) is 27.3 Å². The summed E-state index contributed by atoms with van der Waals surface area (Å²) in [5.41, 5.74) is 21.8. The Kier molecular flexibility index (Phi) is 19.7. The topological polar surface area (TPSA) is 25.3 Å². The van der Waals surface area contributed by atoms with Gasteiger partial charge in [-0.05, 0) is 86.8 Å². The van der Waals surface area contributed by atoms with Gasteiger partial charge in [0.1, 0.15) is 0 Å². The number of unbranched alkanes of at least 4 members (excludes halogenated alkanes) is 10. The Morgan fingerprint density at radius 1 is 0.396 bits per heavy atom. The van der Waals surface area contributed by atoms with E-state index in [1.54, 1.807) is 19.1 Å². The number of benzene rings is 4. The van der Waals surface area contributed by atoms with Crippen molar-refractivity contribution in [2.45, 2.75) is 143 Å². The van der Waals surface area contributed by atoms with E-state index in [0.29, 0.717) is 0 Å². The molecule has 0 N–H and O–H groups in total. The van der Waals surface area contributed by atoms with Crippen LogP contribution in [0.4, 0.5) is 0 Å². The van der Waals surface area contributed by atoms with Crippen LogP contribution in [0.25, 0.3) is 16.9 Å². The van der Waals surface area contributed by atoms with E-state index in [4.69, 9.17) is 0 Å². The molecule has 1 heterocycles. The minimum absolute atomic E-state index is 1.02. The van der Waals surface area contributed by atoms with Crippen molar-refractivity contribution < 1.29 is 19.1 Å². The summed E-state index contributed by atoms with van der Waals surface area (Å²) >= 11 is 1.60. The molecule has 0 aliphatic carbocycles. The van der Waals surface area contributed by atoms with Gasteiger partial charge in [-0.15, -0.1) is 0 Å². The van der Waals surface area contributed by atoms with Gasteiger partial charge in [0.25, 0.3) is 0 Å². The normalized spacial score (nSPS) is 12.8. The van der Waals surface area contributed by atoms with Crippen LogP contribution in [0.2, 0.25) is 0 Å². The number of rotatable bonds is 22. The van der Waals surface area contributed by atoms with E-state index in [0.717, 1.165) is 48.2 Å². The van der Waals surface area contributed by atoms with Crippen LogP contribution in [0, 0.1) is 0 Å². The SMILES string of the molecule is CCCCCCC1=C(c2ccc(CCCC)cc2)[N+](=[N-])C(c2ccc(CCCCCC)cc2)=C1CCCCCC.c1cc[c]([Ni][c]2ccccc2)cc1. The van der Waals surface area contributed by atoms with Gasteiger partial charge in [0, 0.05) is 22.3 Å². The zero-order chi connectivity index (χ0) is 37.5. The molecule has 4 aromatic carbocycles. The van der Waals surface area contributed by atoms with E-state index in [1.807, 2.05) is 12.1 Å². The fraction of sp³-hybridized carbons (Fsp3) is 0.440. The molecule has 286 valence electrons. The summed E-state index contributed by atoms with van der Waals surface area (Å²) in [6.45, 7) is 9.08. The zero-order valence-corrected chi connectivity index (χ0v) is 34.3. The molecule has 0 spiro atoms. The first-order chi connectivity index (χ1) is 26.1. The fourth-order valence-corrected chi connectivity index (χ4v) is 8.09. The van der Waals surface area contributed by atoms with Gasteiger partial charge in [-0.2, -0.15) is 0 Å². The number of aryl methyl sites for hydroxylation is 2. The monoisotopic (exact) mass is 752 g/mol. The third-order valence-corrected chi connectivity index (χ3v) is 11.3. The van der Waals surface area contributed by atoms with Crippen molar-refractivity contribution in [3.8, 4) is 0 Å². The minimum atomic E-state index is 1.02. The summed E-state index contributed by atoms with van der Waals surface area (Å²) in [7, 11) is 0. The predicted molar refractivity (Wildman–Crippen MR) is 226 cm³/mol. The second kappa shape index (κ2) is 24.7. The summed E-state index contributed by atoms with van der Waals surface area (Å²) in [6.07, 6.45) is 21.8. The Labute approximate surface area is 329 Å². The molecule has 0 radical (unpaired) electrons. The number of nitrogens with zero attached hydrogens (tertiary/aromatic N) is 2. The maximum absolute atomic E-state index is 11.9. The molecule has 1 aliphatic rings. The molecule has 1 aliphatic heterocycles. The molecule has 0 fully saturated rings. The first-order valence-electron chi connectivity index (χ1n) is 20.9. The van der Waals surface area contributed by atoms with Crippen molar-refractivity contribution in [1.29, 1.82) is 0 Å². The van der Waals surface area contributed by atoms with E-state index in [9.17, 15) is 5.53 Å². The Bertz CT molecular complexity index is 1630. The standard InChI is InChI=1S/C38H56N2.2C6H5.Ni/c1-5-9-13-16-20-32-25-29-34(30-26-32)38-36(22-18-15-11-7-3)35(21-17-14-10-6-2)37(40(38)39)33-27-23-31(24-28-33)19-12-8-4;2*1-2-4-6-5-3-1;/h23-30H,5-22H2,1-4H3;2*1-5H;. The predicted octanol–water partition coefficient (Wildman–Crippen LogP) is 14.0. The summed E-state index contributed by atoms with van der Waals surface area (Å²) in [5, 5.41) is 0. The third kappa shape index (κ3) is 14.0. The molecule has 0 saturated heterocycles. The third-order valence-electron chi connectivity index (χ3n) is 10.1. The van der Waals surface area contributed by atoms with Gasteiger partial charge >= 0.3 is 84.2 Å². The molecule has 0 unspecified atom stereocenters. The Balaban J connectivity index is 0.000000401. The van der Waals surface area contributed by atoms with E-state index < -0.39 is 0 Å². The molecule has 0 bridgehead atoms.